The molecular weight excluding hydrogens is 269 g/mol. The fraction of sp³-hybridized carbons (Fsp3) is 0.500. The molecule has 6 heteroatoms. The molecule has 0 radical (unpaired) electrons. The molecule has 1 aliphatic heterocycles. The van der Waals surface area contributed by atoms with E-state index >= 15 is 0 Å². The van der Waals surface area contributed by atoms with Crippen LogP contribution in [-0.2, 0) is 6.18 Å². The number of nitrogens with zero attached hydrogens (tertiary/aromatic N) is 1. The van der Waals surface area contributed by atoms with E-state index in [0.717, 1.165) is 38.1 Å². The number of carbonyl (C=O) groups is 1. The Kier molecular flexibility index (Phi) is 3.01. The van der Waals surface area contributed by atoms with Gasteiger partial charge in [0.05, 0.1) is 11.1 Å². The van der Waals surface area contributed by atoms with Gasteiger partial charge < -0.3 is 10.2 Å². The second kappa shape index (κ2) is 4.48. The molecule has 1 aromatic rings. The van der Waals surface area contributed by atoms with E-state index < -0.39 is 11.7 Å². The van der Waals surface area contributed by atoms with Crippen molar-refractivity contribution in [3.8, 4) is 0 Å². The van der Waals surface area contributed by atoms with Gasteiger partial charge in [-0.2, -0.15) is 13.2 Å². The van der Waals surface area contributed by atoms with Gasteiger partial charge in [-0.15, -0.1) is 0 Å². The summed E-state index contributed by atoms with van der Waals surface area (Å²) in [5, 5.41) is 3.26. The minimum Gasteiger partial charge on any atom is -0.330 e. The highest BCUT2D eigenvalue weighted by atomic mass is 19.4. The molecule has 1 N–H and O–H groups in total. The minimum atomic E-state index is -4.37. The molecule has 1 saturated heterocycles. The molecule has 1 aromatic carbocycles. The number of hydrogen-bond acceptors (Lipinski definition) is 2. The molecule has 1 aliphatic carbocycles. The zero-order valence-electron chi connectivity index (χ0n) is 10.8. The molecule has 1 amide bonds. The molecule has 3 rings (SSSR count). The summed E-state index contributed by atoms with van der Waals surface area (Å²) in [6, 6.07) is 4.47. The van der Waals surface area contributed by atoms with Gasteiger partial charge in [-0.3, -0.25) is 4.79 Å². The van der Waals surface area contributed by atoms with Crippen LogP contribution in [0.2, 0.25) is 0 Å². The standard InChI is InChI=1S/C14H15F3N2O/c15-14(16,17)11-3-1-10(2-4-11)12(20)19-8-7-18-9-13(19)5-6-13/h1-4,18H,5-9H2. The molecular formula is C14H15F3N2O. The number of nitrogens with one attached hydrogen (secondary N) is 1. The molecule has 20 heavy (non-hydrogen) atoms. The second-order valence-corrected chi connectivity index (χ2v) is 5.43. The smallest absolute Gasteiger partial charge is 0.330 e. The summed E-state index contributed by atoms with van der Waals surface area (Å²) in [6.45, 7) is 2.12. The van der Waals surface area contributed by atoms with Gasteiger partial charge in [-0.25, -0.2) is 0 Å². The molecule has 1 heterocycles. The Morgan fingerprint density at radius 2 is 1.85 bits per heavy atom. The summed E-state index contributed by atoms with van der Waals surface area (Å²) in [5.41, 5.74) is -0.500. The Labute approximate surface area is 114 Å². The maximum atomic E-state index is 12.5. The van der Waals surface area contributed by atoms with Gasteiger partial charge in [0.2, 0.25) is 0 Å². The minimum absolute atomic E-state index is 0.0992. The van der Waals surface area contributed by atoms with Crippen LogP contribution in [0.25, 0.3) is 0 Å². The van der Waals surface area contributed by atoms with E-state index in [1.54, 1.807) is 0 Å². The van der Waals surface area contributed by atoms with E-state index in [9.17, 15) is 18.0 Å². The van der Waals surface area contributed by atoms with E-state index in [-0.39, 0.29) is 11.4 Å². The highest BCUT2D eigenvalue weighted by molar-refractivity contribution is 5.95. The lowest BCUT2D eigenvalue weighted by Crippen LogP contribution is -2.55. The molecule has 108 valence electrons. The quantitative estimate of drug-likeness (QED) is 0.858. The van der Waals surface area contributed by atoms with Gasteiger partial charge in [-0.05, 0) is 37.1 Å². The number of benzene rings is 1. The molecule has 0 atom stereocenters. The van der Waals surface area contributed by atoms with Gasteiger partial charge in [-0.1, -0.05) is 0 Å². The highest BCUT2D eigenvalue weighted by Crippen LogP contribution is 2.43. The van der Waals surface area contributed by atoms with Crippen molar-refractivity contribution in [3.05, 3.63) is 35.4 Å². The van der Waals surface area contributed by atoms with Gasteiger partial charge in [0.1, 0.15) is 0 Å². The third-order valence-electron chi connectivity index (χ3n) is 4.07. The summed E-state index contributed by atoms with van der Waals surface area (Å²) in [6.07, 6.45) is -2.44. The van der Waals surface area contributed by atoms with Crippen LogP contribution >= 0.6 is 0 Å². The average molecular weight is 284 g/mol. The maximum Gasteiger partial charge on any atom is 0.416 e. The summed E-state index contributed by atoms with van der Waals surface area (Å²) < 4.78 is 37.5. The van der Waals surface area contributed by atoms with E-state index in [4.69, 9.17) is 0 Å². The lowest BCUT2D eigenvalue weighted by molar-refractivity contribution is -0.137. The van der Waals surface area contributed by atoms with E-state index in [1.807, 2.05) is 4.90 Å². The summed E-state index contributed by atoms with van der Waals surface area (Å²) >= 11 is 0. The first kappa shape index (κ1) is 13.4. The Bertz CT molecular complexity index is 520. The highest BCUT2D eigenvalue weighted by Gasteiger charge is 2.51. The van der Waals surface area contributed by atoms with Crippen molar-refractivity contribution in [1.82, 2.24) is 10.2 Å². The van der Waals surface area contributed by atoms with E-state index in [1.165, 1.54) is 12.1 Å². The molecule has 0 unspecified atom stereocenters. The summed E-state index contributed by atoms with van der Waals surface area (Å²) in [5.74, 6) is -0.169. The first-order valence-corrected chi connectivity index (χ1v) is 6.62. The SMILES string of the molecule is O=C(c1ccc(C(F)(F)F)cc1)N1CCNCC12CC2. The van der Waals surface area contributed by atoms with E-state index in [2.05, 4.69) is 5.32 Å². The number of halogens is 3. The third-order valence-corrected chi connectivity index (χ3v) is 4.07. The fourth-order valence-electron chi connectivity index (χ4n) is 2.71. The Morgan fingerprint density at radius 3 is 2.40 bits per heavy atom. The number of hydrogen-bond donors (Lipinski definition) is 1. The van der Waals surface area contributed by atoms with Crippen LogP contribution in [0.3, 0.4) is 0 Å². The van der Waals surface area contributed by atoms with E-state index in [0.29, 0.717) is 12.1 Å². The van der Waals surface area contributed by atoms with Crippen LogP contribution in [0, 0.1) is 0 Å². The zero-order valence-corrected chi connectivity index (χ0v) is 10.8. The Balaban J connectivity index is 1.80. The van der Waals surface area contributed by atoms with Gasteiger partial charge in [0, 0.05) is 25.2 Å². The van der Waals surface area contributed by atoms with Crippen LogP contribution in [0.5, 0.6) is 0 Å². The first-order valence-electron chi connectivity index (χ1n) is 6.62. The van der Waals surface area contributed by atoms with Crippen LogP contribution < -0.4 is 5.32 Å². The monoisotopic (exact) mass is 284 g/mol. The molecule has 2 fully saturated rings. The van der Waals surface area contributed by atoms with Crippen molar-refractivity contribution in [2.24, 2.45) is 0 Å². The number of alkyl halides is 3. The molecule has 2 aliphatic rings. The van der Waals surface area contributed by atoms with Crippen LogP contribution in [-0.4, -0.2) is 36.0 Å². The zero-order chi connectivity index (χ0) is 14.4. The van der Waals surface area contributed by atoms with Crippen LogP contribution in [0.15, 0.2) is 24.3 Å². The molecule has 0 aromatic heterocycles. The van der Waals surface area contributed by atoms with Crippen molar-refractivity contribution in [3.63, 3.8) is 0 Å². The predicted octanol–water partition coefficient (Wildman–Crippen LogP) is 2.28. The third kappa shape index (κ3) is 2.28. The fourth-order valence-corrected chi connectivity index (χ4v) is 2.71. The maximum absolute atomic E-state index is 12.5. The Hall–Kier alpha value is -1.56. The lowest BCUT2D eigenvalue weighted by atomic mass is 10.1. The van der Waals surface area contributed by atoms with Gasteiger partial charge >= 0.3 is 6.18 Å². The normalized spacial score (nSPS) is 21.1. The number of piperazine rings is 1. The largest absolute Gasteiger partial charge is 0.416 e. The van der Waals surface area contributed by atoms with Crippen molar-refractivity contribution in [2.45, 2.75) is 24.6 Å². The number of rotatable bonds is 1. The van der Waals surface area contributed by atoms with Crippen molar-refractivity contribution in [1.29, 1.82) is 0 Å². The second-order valence-electron chi connectivity index (χ2n) is 5.43. The van der Waals surface area contributed by atoms with Gasteiger partial charge in [0.25, 0.3) is 5.91 Å². The lowest BCUT2D eigenvalue weighted by Gasteiger charge is -2.37. The number of amides is 1. The summed E-state index contributed by atoms with van der Waals surface area (Å²) in [4.78, 5) is 14.2. The molecule has 1 spiro atoms. The van der Waals surface area contributed by atoms with Crippen molar-refractivity contribution in [2.75, 3.05) is 19.6 Å². The van der Waals surface area contributed by atoms with Crippen LogP contribution in [0.1, 0.15) is 28.8 Å². The average Bonchev–Trinajstić information content (AvgIpc) is 3.18. The van der Waals surface area contributed by atoms with Crippen molar-refractivity contribution >= 4 is 5.91 Å². The Morgan fingerprint density at radius 1 is 1.20 bits per heavy atom. The van der Waals surface area contributed by atoms with Crippen LogP contribution in [0.4, 0.5) is 13.2 Å². The molecule has 0 bridgehead atoms. The van der Waals surface area contributed by atoms with Gasteiger partial charge in [0.15, 0.2) is 0 Å². The molecule has 1 saturated carbocycles. The topological polar surface area (TPSA) is 32.3 Å². The number of carbonyl (C=O) groups excluding carboxylic acids is 1. The predicted molar refractivity (Wildman–Crippen MR) is 67.3 cm³/mol. The van der Waals surface area contributed by atoms with Crippen molar-refractivity contribution < 1.29 is 18.0 Å². The first-order chi connectivity index (χ1) is 9.42. The summed E-state index contributed by atoms with van der Waals surface area (Å²) in [7, 11) is 0. The molecule has 3 nitrogen and oxygen atoms in total.